The van der Waals surface area contributed by atoms with Crippen molar-refractivity contribution in [2.45, 2.75) is 18.1 Å². The molecule has 0 spiro atoms. The number of thioether (sulfide) groups is 1. The van der Waals surface area contributed by atoms with Crippen molar-refractivity contribution < 1.29 is 19.0 Å². The van der Waals surface area contributed by atoms with Crippen LogP contribution in [0.15, 0.2) is 18.2 Å². The van der Waals surface area contributed by atoms with E-state index < -0.39 is 0 Å². The van der Waals surface area contributed by atoms with Crippen LogP contribution in [-0.2, 0) is 4.74 Å². The van der Waals surface area contributed by atoms with Gasteiger partial charge in [0.15, 0.2) is 0 Å². The van der Waals surface area contributed by atoms with Crippen molar-refractivity contribution in [2.75, 3.05) is 39.7 Å². The van der Waals surface area contributed by atoms with E-state index in [1.165, 1.54) is 0 Å². The summed E-state index contributed by atoms with van der Waals surface area (Å²) in [4.78, 5) is 12.2. The van der Waals surface area contributed by atoms with Gasteiger partial charge in [-0.2, -0.15) is 11.8 Å². The van der Waals surface area contributed by atoms with E-state index in [0.717, 1.165) is 31.8 Å². The van der Waals surface area contributed by atoms with Crippen LogP contribution in [0.5, 0.6) is 11.5 Å². The van der Waals surface area contributed by atoms with Crippen LogP contribution in [0.4, 0.5) is 0 Å². The minimum absolute atomic E-state index is 0.107. The lowest BCUT2D eigenvalue weighted by atomic mass is 10.2. The van der Waals surface area contributed by atoms with Crippen LogP contribution in [0.25, 0.3) is 0 Å². The molecule has 1 aromatic rings. The Hall–Kier alpha value is -1.40. The summed E-state index contributed by atoms with van der Waals surface area (Å²) in [7, 11) is 3.14. The summed E-state index contributed by atoms with van der Waals surface area (Å²) in [6, 6.07) is 5.17. The third-order valence-electron chi connectivity index (χ3n) is 3.52. The summed E-state index contributed by atoms with van der Waals surface area (Å²) in [6.07, 6.45) is 2.21. The van der Waals surface area contributed by atoms with Gasteiger partial charge in [0.25, 0.3) is 5.91 Å². The van der Waals surface area contributed by atoms with Crippen molar-refractivity contribution >= 4 is 17.7 Å². The summed E-state index contributed by atoms with van der Waals surface area (Å²) in [5, 5.41) is 3.59. The molecular formula is C16H23NO4S. The number of benzene rings is 1. The van der Waals surface area contributed by atoms with Gasteiger partial charge in [-0.25, -0.2) is 0 Å². The number of nitrogens with one attached hydrogen (secondary N) is 1. The molecule has 1 aliphatic rings. The third-order valence-corrected chi connectivity index (χ3v) is 4.91. The molecule has 1 aliphatic heterocycles. The van der Waals surface area contributed by atoms with Crippen molar-refractivity contribution in [1.82, 2.24) is 5.32 Å². The first kappa shape index (κ1) is 17.0. The van der Waals surface area contributed by atoms with Crippen molar-refractivity contribution in [2.24, 2.45) is 0 Å². The van der Waals surface area contributed by atoms with Crippen molar-refractivity contribution in [3.05, 3.63) is 23.8 Å². The smallest absolute Gasteiger partial charge is 0.251 e. The minimum Gasteiger partial charge on any atom is -0.497 e. The largest absolute Gasteiger partial charge is 0.497 e. The molecule has 1 heterocycles. The lowest BCUT2D eigenvalue weighted by molar-refractivity contribution is 0.0954. The first-order valence-electron chi connectivity index (χ1n) is 7.43. The van der Waals surface area contributed by atoms with Gasteiger partial charge in [0.1, 0.15) is 11.5 Å². The van der Waals surface area contributed by atoms with E-state index in [1.54, 1.807) is 32.4 Å². The fraction of sp³-hybridized carbons (Fsp3) is 0.562. The molecule has 122 valence electrons. The van der Waals surface area contributed by atoms with Gasteiger partial charge >= 0.3 is 0 Å². The standard InChI is InChI=1S/C16H23NO4S/c1-19-13-9-12(10-14(11-13)20-2)16(18)17-5-8-22-15-3-6-21-7-4-15/h9-11,15H,3-8H2,1-2H3,(H,17,18). The molecule has 1 N–H and O–H groups in total. The van der Waals surface area contributed by atoms with E-state index in [0.29, 0.717) is 28.9 Å². The number of carbonyl (C=O) groups excluding carboxylic acids is 1. The molecule has 5 nitrogen and oxygen atoms in total. The van der Waals surface area contributed by atoms with Crippen molar-refractivity contribution in [3.8, 4) is 11.5 Å². The van der Waals surface area contributed by atoms with Gasteiger partial charge in [-0.3, -0.25) is 4.79 Å². The number of carbonyl (C=O) groups is 1. The Kier molecular flexibility index (Phi) is 6.86. The van der Waals surface area contributed by atoms with Gasteiger partial charge in [-0.05, 0) is 25.0 Å². The van der Waals surface area contributed by atoms with E-state index in [1.807, 2.05) is 11.8 Å². The Labute approximate surface area is 135 Å². The zero-order valence-corrected chi connectivity index (χ0v) is 13.9. The number of methoxy groups -OCH3 is 2. The monoisotopic (exact) mass is 325 g/mol. The molecule has 0 saturated carbocycles. The molecule has 0 aromatic heterocycles. The van der Waals surface area contributed by atoms with Gasteiger partial charge in [-0.15, -0.1) is 0 Å². The summed E-state index contributed by atoms with van der Waals surface area (Å²) in [5.41, 5.74) is 0.548. The molecular weight excluding hydrogens is 302 g/mol. The molecule has 0 radical (unpaired) electrons. The van der Waals surface area contributed by atoms with Crippen LogP contribution in [-0.4, -0.2) is 50.9 Å². The second-order valence-corrected chi connectivity index (χ2v) is 6.45. The number of ether oxygens (including phenoxy) is 3. The Balaban J connectivity index is 1.79. The summed E-state index contributed by atoms with van der Waals surface area (Å²) >= 11 is 1.91. The van der Waals surface area contributed by atoms with E-state index in [-0.39, 0.29) is 5.91 Å². The highest BCUT2D eigenvalue weighted by atomic mass is 32.2. The van der Waals surface area contributed by atoms with E-state index in [4.69, 9.17) is 14.2 Å². The topological polar surface area (TPSA) is 56.8 Å². The Morgan fingerprint density at radius 3 is 2.45 bits per heavy atom. The molecule has 1 amide bonds. The van der Waals surface area contributed by atoms with Gasteiger partial charge < -0.3 is 19.5 Å². The maximum atomic E-state index is 12.2. The van der Waals surface area contributed by atoms with Crippen molar-refractivity contribution in [3.63, 3.8) is 0 Å². The molecule has 2 rings (SSSR count). The summed E-state index contributed by atoms with van der Waals surface area (Å²) < 4.78 is 15.7. The molecule has 22 heavy (non-hydrogen) atoms. The average molecular weight is 325 g/mol. The molecule has 0 atom stereocenters. The normalized spacial score (nSPS) is 15.4. The average Bonchev–Trinajstić information content (AvgIpc) is 2.58. The number of hydrogen-bond donors (Lipinski definition) is 1. The molecule has 6 heteroatoms. The predicted octanol–water partition coefficient (Wildman–Crippen LogP) is 2.35. The lowest BCUT2D eigenvalue weighted by Crippen LogP contribution is -2.27. The quantitative estimate of drug-likeness (QED) is 0.780. The highest BCUT2D eigenvalue weighted by Gasteiger charge is 2.14. The lowest BCUT2D eigenvalue weighted by Gasteiger charge is -2.21. The molecule has 1 saturated heterocycles. The highest BCUT2D eigenvalue weighted by Crippen LogP contribution is 2.23. The Bertz CT molecular complexity index is 467. The van der Waals surface area contributed by atoms with Crippen LogP contribution in [0.3, 0.4) is 0 Å². The van der Waals surface area contributed by atoms with Gasteiger partial charge in [0, 0.05) is 42.4 Å². The number of rotatable bonds is 7. The molecule has 1 aromatic carbocycles. The van der Waals surface area contributed by atoms with E-state index in [2.05, 4.69) is 5.32 Å². The molecule has 0 aliphatic carbocycles. The number of hydrogen-bond acceptors (Lipinski definition) is 5. The Morgan fingerprint density at radius 1 is 1.23 bits per heavy atom. The van der Waals surface area contributed by atoms with Crippen LogP contribution in [0.2, 0.25) is 0 Å². The van der Waals surface area contributed by atoms with Crippen LogP contribution in [0, 0.1) is 0 Å². The van der Waals surface area contributed by atoms with Crippen molar-refractivity contribution in [1.29, 1.82) is 0 Å². The first-order chi connectivity index (χ1) is 10.7. The minimum atomic E-state index is -0.107. The number of amides is 1. The maximum absolute atomic E-state index is 12.2. The van der Waals surface area contributed by atoms with E-state index in [9.17, 15) is 4.79 Å². The first-order valence-corrected chi connectivity index (χ1v) is 8.48. The van der Waals surface area contributed by atoms with Gasteiger partial charge in [0.2, 0.25) is 0 Å². The fourth-order valence-electron chi connectivity index (χ4n) is 2.27. The summed E-state index contributed by atoms with van der Waals surface area (Å²) in [6.45, 7) is 2.36. The second kappa shape index (κ2) is 8.90. The van der Waals surface area contributed by atoms with E-state index >= 15 is 0 Å². The fourth-order valence-corrected chi connectivity index (χ4v) is 3.35. The maximum Gasteiger partial charge on any atom is 0.251 e. The second-order valence-electron chi connectivity index (χ2n) is 5.04. The van der Waals surface area contributed by atoms with Gasteiger partial charge in [0.05, 0.1) is 14.2 Å². The zero-order valence-electron chi connectivity index (χ0n) is 13.1. The third kappa shape index (κ3) is 5.10. The van der Waals surface area contributed by atoms with Gasteiger partial charge in [-0.1, -0.05) is 0 Å². The molecule has 0 unspecified atom stereocenters. The molecule has 0 bridgehead atoms. The SMILES string of the molecule is COc1cc(OC)cc(C(=O)NCCSC2CCOCC2)c1. The predicted molar refractivity (Wildman–Crippen MR) is 88.2 cm³/mol. The highest BCUT2D eigenvalue weighted by molar-refractivity contribution is 7.99. The Morgan fingerprint density at radius 2 is 1.86 bits per heavy atom. The van der Waals surface area contributed by atoms with Crippen LogP contribution in [0.1, 0.15) is 23.2 Å². The van der Waals surface area contributed by atoms with Crippen LogP contribution < -0.4 is 14.8 Å². The molecule has 1 fully saturated rings. The van der Waals surface area contributed by atoms with Crippen LogP contribution >= 0.6 is 11.8 Å². The summed E-state index contributed by atoms with van der Waals surface area (Å²) in [5.74, 6) is 2.03. The zero-order chi connectivity index (χ0) is 15.8.